The summed E-state index contributed by atoms with van der Waals surface area (Å²) < 4.78 is 5.70. The quantitative estimate of drug-likeness (QED) is 0.470. The molecular weight excluding hydrogens is 350 g/mol. The molecule has 3 rings (SSSR count). The molecule has 0 spiro atoms. The molecule has 4 nitrogen and oxygen atoms in total. The molecule has 0 fully saturated rings. The third kappa shape index (κ3) is 4.66. The molecule has 0 bridgehead atoms. The molecule has 1 N–H and O–H groups in total. The fourth-order valence-electron chi connectivity index (χ4n) is 2.75. The molecule has 4 heteroatoms. The van der Waals surface area contributed by atoms with Gasteiger partial charge in [0.25, 0.3) is 0 Å². The lowest BCUT2D eigenvalue weighted by molar-refractivity contribution is 0.0691. The number of ether oxygens (including phenoxy) is 1. The van der Waals surface area contributed by atoms with Gasteiger partial charge in [-0.25, -0.2) is 4.79 Å². The number of allylic oxidation sites excluding steroid dienone is 1. The molecule has 3 aromatic rings. The number of carbonyl (C=O) groups is 1. The van der Waals surface area contributed by atoms with Gasteiger partial charge in [-0.2, -0.15) is 5.26 Å². The normalized spacial score (nSPS) is 10.9. The van der Waals surface area contributed by atoms with E-state index >= 15 is 0 Å². The summed E-state index contributed by atoms with van der Waals surface area (Å²) in [6.45, 7) is 2.26. The van der Waals surface area contributed by atoms with Crippen molar-refractivity contribution >= 4 is 17.6 Å². The fourth-order valence-corrected chi connectivity index (χ4v) is 2.75. The molecule has 0 aliphatic rings. The van der Waals surface area contributed by atoms with E-state index < -0.39 is 5.97 Å². The molecular formula is C24H19NO3. The fraction of sp³-hybridized carbons (Fsp3) is 0.0833. The molecule has 0 amide bonds. The summed E-state index contributed by atoms with van der Waals surface area (Å²) in [6, 6.07) is 24.2. The van der Waals surface area contributed by atoms with E-state index in [9.17, 15) is 15.2 Å². The molecule has 28 heavy (non-hydrogen) atoms. The average Bonchev–Trinajstić information content (AvgIpc) is 2.72. The summed E-state index contributed by atoms with van der Waals surface area (Å²) in [4.78, 5) is 11.7. The standard InChI is InChI=1S/C24H19NO3/c1-17-7-10-20(11-8-17)21(15-25)13-19-9-12-23(22(14-19)24(26)27)28-16-18-5-3-2-4-6-18/h2-14H,16H2,1H3,(H,26,27)/b21-13+. The highest BCUT2D eigenvalue weighted by atomic mass is 16.5. The summed E-state index contributed by atoms with van der Waals surface area (Å²) in [5.41, 5.74) is 4.00. The van der Waals surface area contributed by atoms with Crippen LogP contribution in [-0.4, -0.2) is 11.1 Å². The molecule has 0 saturated heterocycles. The van der Waals surface area contributed by atoms with Crippen LogP contribution in [0.4, 0.5) is 0 Å². The monoisotopic (exact) mass is 369 g/mol. The van der Waals surface area contributed by atoms with Crippen LogP contribution in [0.5, 0.6) is 5.75 Å². The highest BCUT2D eigenvalue weighted by Crippen LogP contribution is 2.25. The van der Waals surface area contributed by atoms with Gasteiger partial charge < -0.3 is 9.84 Å². The Morgan fingerprint density at radius 2 is 1.79 bits per heavy atom. The second kappa shape index (κ2) is 8.70. The maximum atomic E-state index is 11.7. The third-order valence-electron chi connectivity index (χ3n) is 4.27. The number of hydrogen-bond acceptors (Lipinski definition) is 3. The average molecular weight is 369 g/mol. The van der Waals surface area contributed by atoms with Crippen LogP contribution in [0.25, 0.3) is 11.6 Å². The molecule has 0 radical (unpaired) electrons. The first kappa shape index (κ1) is 18.9. The van der Waals surface area contributed by atoms with Crippen molar-refractivity contribution in [2.45, 2.75) is 13.5 Å². The van der Waals surface area contributed by atoms with Crippen molar-refractivity contribution in [3.05, 3.63) is 101 Å². The second-order valence-electron chi connectivity index (χ2n) is 6.37. The Bertz CT molecular complexity index is 1050. The number of nitriles is 1. The predicted octanol–water partition coefficient (Wildman–Crippen LogP) is 5.34. The number of aromatic carboxylic acids is 1. The zero-order valence-corrected chi connectivity index (χ0v) is 15.4. The molecule has 0 heterocycles. The van der Waals surface area contributed by atoms with Crippen molar-refractivity contribution in [2.75, 3.05) is 0 Å². The Balaban J connectivity index is 1.88. The van der Waals surface area contributed by atoms with Gasteiger partial charge in [0.15, 0.2) is 0 Å². The van der Waals surface area contributed by atoms with Crippen LogP contribution in [0.1, 0.15) is 32.6 Å². The number of carboxylic acids is 1. The first-order chi connectivity index (χ1) is 13.6. The largest absolute Gasteiger partial charge is 0.488 e. The van der Waals surface area contributed by atoms with E-state index in [0.29, 0.717) is 16.9 Å². The van der Waals surface area contributed by atoms with Gasteiger partial charge in [0.2, 0.25) is 0 Å². The zero-order valence-electron chi connectivity index (χ0n) is 15.4. The number of nitrogens with zero attached hydrogens (tertiary/aromatic N) is 1. The van der Waals surface area contributed by atoms with Gasteiger partial charge in [-0.3, -0.25) is 0 Å². The molecule has 3 aromatic carbocycles. The smallest absolute Gasteiger partial charge is 0.339 e. The molecule has 0 saturated carbocycles. The van der Waals surface area contributed by atoms with E-state index in [1.54, 1.807) is 18.2 Å². The number of carboxylic acid groups (broad SMARTS) is 1. The Morgan fingerprint density at radius 3 is 2.43 bits per heavy atom. The minimum absolute atomic E-state index is 0.0610. The first-order valence-electron chi connectivity index (χ1n) is 8.80. The number of hydrogen-bond donors (Lipinski definition) is 1. The van der Waals surface area contributed by atoms with E-state index in [-0.39, 0.29) is 12.2 Å². The third-order valence-corrected chi connectivity index (χ3v) is 4.27. The maximum absolute atomic E-state index is 11.7. The summed E-state index contributed by atoms with van der Waals surface area (Å²) >= 11 is 0. The van der Waals surface area contributed by atoms with Crippen LogP contribution in [-0.2, 0) is 6.61 Å². The van der Waals surface area contributed by atoms with E-state index in [1.807, 2.05) is 61.5 Å². The SMILES string of the molecule is Cc1ccc(/C(C#N)=C/c2ccc(OCc3ccccc3)c(C(=O)O)c2)cc1. The lowest BCUT2D eigenvalue weighted by Gasteiger charge is -2.10. The second-order valence-corrected chi connectivity index (χ2v) is 6.37. The van der Waals surface area contributed by atoms with E-state index in [1.165, 1.54) is 6.07 Å². The predicted molar refractivity (Wildman–Crippen MR) is 109 cm³/mol. The van der Waals surface area contributed by atoms with Crippen LogP contribution in [0.3, 0.4) is 0 Å². The minimum Gasteiger partial charge on any atom is -0.488 e. The van der Waals surface area contributed by atoms with E-state index in [2.05, 4.69) is 6.07 Å². The Morgan fingerprint density at radius 1 is 1.07 bits per heavy atom. The summed E-state index contributed by atoms with van der Waals surface area (Å²) in [5, 5.41) is 19.1. The lowest BCUT2D eigenvalue weighted by Crippen LogP contribution is -2.04. The molecule has 0 unspecified atom stereocenters. The van der Waals surface area contributed by atoms with Gasteiger partial charge >= 0.3 is 5.97 Å². The first-order valence-corrected chi connectivity index (χ1v) is 8.80. The van der Waals surface area contributed by atoms with Crippen LogP contribution in [0.15, 0.2) is 72.8 Å². The van der Waals surface area contributed by atoms with Gasteiger partial charge in [0, 0.05) is 0 Å². The Labute approximate surface area is 164 Å². The van der Waals surface area contributed by atoms with Gasteiger partial charge in [0.1, 0.15) is 17.9 Å². The molecule has 0 atom stereocenters. The van der Waals surface area contributed by atoms with Gasteiger partial charge in [-0.15, -0.1) is 0 Å². The van der Waals surface area contributed by atoms with Gasteiger partial charge in [0.05, 0.1) is 11.6 Å². The van der Waals surface area contributed by atoms with Crippen molar-refractivity contribution in [2.24, 2.45) is 0 Å². The molecule has 0 aliphatic carbocycles. The lowest BCUT2D eigenvalue weighted by atomic mass is 10.0. The van der Waals surface area contributed by atoms with Crippen molar-refractivity contribution in [3.63, 3.8) is 0 Å². The number of rotatable bonds is 6. The van der Waals surface area contributed by atoms with Crippen molar-refractivity contribution in [1.82, 2.24) is 0 Å². The van der Waals surface area contributed by atoms with Crippen molar-refractivity contribution < 1.29 is 14.6 Å². The topological polar surface area (TPSA) is 70.3 Å². The van der Waals surface area contributed by atoms with Crippen LogP contribution >= 0.6 is 0 Å². The molecule has 0 aromatic heterocycles. The van der Waals surface area contributed by atoms with Crippen LogP contribution < -0.4 is 4.74 Å². The Kier molecular flexibility index (Phi) is 5.88. The number of aryl methyl sites for hydroxylation is 1. The highest BCUT2D eigenvalue weighted by Gasteiger charge is 2.13. The van der Waals surface area contributed by atoms with E-state index in [0.717, 1.165) is 16.7 Å². The summed E-state index contributed by atoms with van der Waals surface area (Å²) in [5.74, 6) is -0.783. The van der Waals surface area contributed by atoms with Crippen LogP contribution in [0.2, 0.25) is 0 Å². The van der Waals surface area contributed by atoms with Crippen LogP contribution in [0, 0.1) is 18.3 Å². The van der Waals surface area contributed by atoms with Crippen molar-refractivity contribution in [1.29, 1.82) is 5.26 Å². The zero-order chi connectivity index (χ0) is 19.9. The van der Waals surface area contributed by atoms with Gasteiger partial charge in [-0.1, -0.05) is 66.2 Å². The van der Waals surface area contributed by atoms with Crippen molar-refractivity contribution in [3.8, 4) is 11.8 Å². The minimum atomic E-state index is -1.08. The molecule has 138 valence electrons. The number of benzene rings is 3. The summed E-state index contributed by atoms with van der Waals surface area (Å²) in [7, 11) is 0. The van der Waals surface area contributed by atoms with Gasteiger partial charge in [-0.05, 0) is 41.8 Å². The molecule has 0 aliphatic heterocycles. The summed E-state index contributed by atoms with van der Waals surface area (Å²) in [6.07, 6.45) is 1.68. The Hall–Kier alpha value is -3.84. The maximum Gasteiger partial charge on any atom is 0.339 e. The van der Waals surface area contributed by atoms with E-state index in [4.69, 9.17) is 4.74 Å². The highest BCUT2D eigenvalue weighted by molar-refractivity contribution is 5.94.